The highest BCUT2D eigenvalue weighted by atomic mass is 35.5. The first-order valence-electron chi connectivity index (χ1n) is 9.67. The van der Waals surface area contributed by atoms with E-state index in [4.69, 9.17) is 16.3 Å². The summed E-state index contributed by atoms with van der Waals surface area (Å²) in [6.45, 7) is 6.78. The van der Waals surface area contributed by atoms with E-state index < -0.39 is 0 Å². The summed E-state index contributed by atoms with van der Waals surface area (Å²) in [5, 5.41) is 3.81. The second-order valence-electron chi connectivity index (χ2n) is 7.13. The fourth-order valence-corrected chi connectivity index (χ4v) is 3.82. The fraction of sp³-hybridized carbons (Fsp3) is 0.409. The minimum Gasteiger partial charge on any atom is -0.497 e. The van der Waals surface area contributed by atoms with Crippen LogP contribution in [0, 0.1) is 0 Å². The van der Waals surface area contributed by atoms with Crippen molar-refractivity contribution in [2.24, 2.45) is 0 Å². The lowest BCUT2D eigenvalue weighted by Gasteiger charge is -2.38. The summed E-state index contributed by atoms with van der Waals surface area (Å²) in [6, 6.07) is 16.0. The Hall–Kier alpha value is -2.08. The van der Waals surface area contributed by atoms with Crippen molar-refractivity contribution in [2.75, 3.05) is 39.8 Å². The predicted octanol–water partition coefficient (Wildman–Crippen LogP) is 3.34. The number of halogens is 1. The van der Waals surface area contributed by atoms with Crippen LogP contribution in [0.5, 0.6) is 5.75 Å². The lowest BCUT2D eigenvalue weighted by molar-refractivity contribution is -0.122. The van der Waals surface area contributed by atoms with Gasteiger partial charge in [0.15, 0.2) is 0 Å². The largest absolute Gasteiger partial charge is 0.497 e. The summed E-state index contributed by atoms with van der Waals surface area (Å²) in [6.07, 6.45) is 0. The monoisotopic (exact) mass is 401 g/mol. The highest BCUT2D eigenvalue weighted by Crippen LogP contribution is 2.27. The minimum atomic E-state index is 0.0587. The van der Waals surface area contributed by atoms with Crippen LogP contribution >= 0.6 is 11.6 Å². The van der Waals surface area contributed by atoms with Crippen LogP contribution < -0.4 is 10.1 Å². The molecule has 0 aliphatic carbocycles. The maximum absolute atomic E-state index is 12.3. The number of hydrogen-bond acceptors (Lipinski definition) is 4. The molecule has 1 atom stereocenters. The van der Waals surface area contributed by atoms with Crippen LogP contribution in [0.15, 0.2) is 48.5 Å². The second kappa shape index (κ2) is 9.92. The summed E-state index contributed by atoms with van der Waals surface area (Å²) >= 11 is 6.34. The lowest BCUT2D eigenvalue weighted by Crippen LogP contribution is -2.49. The number of hydrogen-bond donors (Lipinski definition) is 1. The van der Waals surface area contributed by atoms with Crippen molar-refractivity contribution in [1.82, 2.24) is 15.1 Å². The molecule has 2 aromatic rings. The molecule has 0 bridgehead atoms. The predicted molar refractivity (Wildman–Crippen MR) is 113 cm³/mol. The zero-order valence-electron chi connectivity index (χ0n) is 16.5. The molecule has 1 N–H and O–H groups in total. The summed E-state index contributed by atoms with van der Waals surface area (Å²) in [4.78, 5) is 16.9. The summed E-state index contributed by atoms with van der Waals surface area (Å²) in [5.74, 6) is 0.877. The van der Waals surface area contributed by atoms with Gasteiger partial charge in [0.05, 0.1) is 13.7 Å². The molecule has 0 saturated carbocycles. The standard InChI is InChI=1S/C22H28ClN3O2/c1-17(20-5-3-4-6-21(20)23)26-13-11-25(12-14-26)16-22(27)24-15-18-7-9-19(28-2)10-8-18/h3-10,17H,11-16H2,1-2H3,(H,24,27). The molecule has 5 nitrogen and oxygen atoms in total. The van der Waals surface area contributed by atoms with Gasteiger partial charge in [-0.3, -0.25) is 14.6 Å². The first-order chi connectivity index (χ1) is 13.6. The maximum atomic E-state index is 12.3. The number of rotatable bonds is 7. The molecule has 150 valence electrons. The maximum Gasteiger partial charge on any atom is 0.234 e. The van der Waals surface area contributed by atoms with Gasteiger partial charge in [0, 0.05) is 43.8 Å². The van der Waals surface area contributed by atoms with Gasteiger partial charge >= 0.3 is 0 Å². The van der Waals surface area contributed by atoms with Crippen LogP contribution in [0.1, 0.15) is 24.1 Å². The van der Waals surface area contributed by atoms with Crippen molar-refractivity contribution in [3.8, 4) is 5.75 Å². The van der Waals surface area contributed by atoms with Crippen LogP contribution in [0.25, 0.3) is 0 Å². The third kappa shape index (κ3) is 5.47. The molecule has 1 unspecified atom stereocenters. The molecule has 1 saturated heterocycles. The van der Waals surface area contributed by atoms with Crippen molar-refractivity contribution < 1.29 is 9.53 Å². The smallest absolute Gasteiger partial charge is 0.234 e. The van der Waals surface area contributed by atoms with E-state index in [0.717, 1.165) is 48.1 Å². The van der Waals surface area contributed by atoms with Crippen molar-refractivity contribution in [2.45, 2.75) is 19.5 Å². The molecule has 1 aliphatic heterocycles. The Balaban J connectivity index is 1.42. The number of methoxy groups -OCH3 is 1. The zero-order valence-corrected chi connectivity index (χ0v) is 17.3. The van der Waals surface area contributed by atoms with E-state index in [-0.39, 0.29) is 11.9 Å². The number of nitrogens with one attached hydrogen (secondary N) is 1. The van der Waals surface area contributed by atoms with E-state index in [1.54, 1.807) is 7.11 Å². The molecule has 0 spiro atoms. The van der Waals surface area contributed by atoms with Gasteiger partial charge in [-0.1, -0.05) is 41.9 Å². The van der Waals surface area contributed by atoms with Gasteiger partial charge in [0.25, 0.3) is 0 Å². The van der Waals surface area contributed by atoms with Crippen molar-refractivity contribution in [3.63, 3.8) is 0 Å². The third-order valence-corrected chi connectivity index (χ3v) is 5.67. The number of carbonyl (C=O) groups excluding carboxylic acids is 1. The highest BCUT2D eigenvalue weighted by Gasteiger charge is 2.24. The van der Waals surface area contributed by atoms with Crippen LogP contribution in [-0.2, 0) is 11.3 Å². The normalized spacial score (nSPS) is 16.5. The molecule has 3 rings (SSSR count). The molecule has 1 heterocycles. The second-order valence-corrected chi connectivity index (χ2v) is 7.54. The van der Waals surface area contributed by atoms with Gasteiger partial charge in [-0.25, -0.2) is 0 Å². The minimum absolute atomic E-state index is 0.0587. The van der Waals surface area contributed by atoms with Gasteiger partial charge in [0.2, 0.25) is 5.91 Å². The van der Waals surface area contributed by atoms with Gasteiger partial charge in [-0.05, 0) is 36.2 Å². The van der Waals surface area contributed by atoms with Crippen LogP contribution in [0.3, 0.4) is 0 Å². The van der Waals surface area contributed by atoms with Gasteiger partial charge in [-0.2, -0.15) is 0 Å². The number of nitrogens with zero attached hydrogens (tertiary/aromatic N) is 2. The lowest BCUT2D eigenvalue weighted by atomic mass is 10.1. The number of piperazine rings is 1. The molecule has 1 fully saturated rings. The Bertz CT molecular complexity index is 774. The van der Waals surface area contributed by atoms with E-state index in [1.165, 1.54) is 0 Å². The van der Waals surface area contributed by atoms with Crippen molar-refractivity contribution >= 4 is 17.5 Å². The number of benzene rings is 2. The first-order valence-corrected chi connectivity index (χ1v) is 10.0. The van der Waals surface area contributed by atoms with Crippen LogP contribution in [-0.4, -0.2) is 55.5 Å². The first kappa shape index (κ1) is 20.6. The molecule has 1 amide bonds. The SMILES string of the molecule is COc1ccc(CNC(=O)CN2CCN(C(C)c3ccccc3Cl)CC2)cc1. The zero-order chi connectivity index (χ0) is 19.9. The summed E-state index contributed by atoms with van der Waals surface area (Å²) < 4.78 is 5.15. The van der Waals surface area contributed by atoms with Crippen molar-refractivity contribution in [3.05, 3.63) is 64.7 Å². The quantitative estimate of drug-likeness (QED) is 0.772. The highest BCUT2D eigenvalue weighted by molar-refractivity contribution is 6.31. The summed E-state index contributed by atoms with van der Waals surface area (Å²) in [7, 11) is 1.64. The Morgan fingerprint density at radius 1 is 1.11 bits per heavy atom. The number of amides is 1. The Morgan fingerprint density at radius 3 is 2.43 bits per heavy atom. The van der Waals surface area contributed by atoms with Crippen LogP contribution in [0.4, 0.5) is 0 Å². The van der Waals surface area contributed by atoms with Gasteiger partial charge in [-0.15, -0.1) is 0 Å². The van der Waals surface area contributed by atoms with Crippen LogP contribution in [0.2, 0.25) is 5.02 Å². The van der Waals surface area contributed by atoms with Gasteiger partial charge in [0.1, 0.15) is 5.75 Å². The Labute approximate surface area is 172 Å². The van der Waals surface area contributed by atoms with E-state index in [0.29, 0.717) is 13.1 Å². The molecule has 0 aromatic heterocycles. The molecule has 2 aromatic carbocycles. The fourth-order valence-electron chi connectivity index (χ4n) is 3.52. The molecule has 28 heavy (non-hydrogen) atoms. The summed E-state index contributed by atoms with van der Waals surface area (Å²) in [5.41, 5.74) is 2.22. The number of ether oxygens (including phenoxy) is 1. The molecular weight excluding hydrogens is 374 g/mol. The molecule has 1 aliphatic rings. The van der Waals surface area contributed by atoms with E-state index in [9.17, 15) is 4.79 Å². The number of carbonyl (C=O) groups is 1. The topological polar surface area (TPSA) is 44.8 Å². The van der Waals surface area contributed by atoms with Gasteiger partial charge < -0.3 is 10.1 Å². The Kier molecular flexibility index (Phi) is 7.31. The molecule has 6 heteroatoms. The average Bonchev–Trinajstić information content (AvgIpc) is 2.73. The van der Waals surface area contributed by atoms with Crippen molar-refractivity contribution in [1.29, 1.82) is 0 Å². The molecular formula is C22H28ClN3O2. The third-order valence-electron chi connectivity index (χ3n) is 5.33. The Morgan fingerprint density at radius 2 is 1.79 bits per heavy atom. The average molecular weight is 402 g/mol. The van der Waals surface area contributed by atoms with E-state index in [1.807, 2.05) is 42.5 Å². The molecule has 0 radical (unpaired) electrons. The van der Waals surface area contributed by atoms with E-state index in [2.05, 4.69) is 28.1 Å². The van der Waals surface area contributed by atoms with E-state index >= 15 is 0 Å².